The van der Waals surface area contributed by atoms with E-state index in [0.29, 0.717) is 17.5 Å². The van der Waals surface area contributed by atoms with Crippen LogP contribution >= 0.6 is 11.8 Å². The molecule has 0 bridgehead atoms. The standard InChI is InChI=1S/C16H17N3O4S2/c1-2-23-12-5-3-11(4-6-12)19-13-9-25(21,22)10-14(13)24-16(19)18-15(20)7-8-17/h3-6,13-14H,2,7,9-10H2,1H3/t13-,14-/m0/s1. The highest BCUT2D eigenvalue weighted by molar-refractivity contribution is 8.16. The number of thioether (sulfide) groups is 1. The number of rotatable bonds is 4. The monoisotopic (exact) mass is 379 g/mol. The maximum atomic E-state index is 12.0. The second-order valence-electron chi connectivity index (χ2n) is 5.72. The Morgan fingerprint density at radius 2 is 2.12 bits per heavy atom. The van der Waals surface area contributed by atoms with Crippen LogP contribution in [0.2, 0.25) is 0 Å². The number of sulfone groups is 1. The fraction of sp³-hybridized carbons (Fsp3) is 0.438. The van der Waals surface area contributed by atoms with E-state index in [-0.39, 0.29) is 29.2 Å². The van der Waals surface area contributed by atoms with Crippen molar-refractivity contribution in [1.29, 1.82) is 5.26 Å². The van der Waals surface area contributed by atoms with Gasteiger partial charge < -0.3 is 9.64 Å². The molecule has 2 aliphatic rings. The zero-order valence-electron chi connectivity index (χ0n) is 13.6. The number of nitrogens with zero attached hydrogens (tertiary/aromatic N) is 3. The summed E-state index contributed by atoms with van der Waals surface area (Å²) in [6.45, 7) is 2.45. The highest BCUT2D eigenvalue weighted by Gasteiger charge is 2.49. The van der Waals surface area contributed by atoms with Crippen molar-refractivity contribution in [2.75, 3.05) is 23.0 Å². The van der Waals surface area contributed by atoms with Gasteiger partial charge in [0.15, 0.2) is 15.0 Å². The van der Waals surface area contributed by atoms with Gasteiger partial charge in [0, 0.05) is 10.9 Å². The van der Waals surface area contributed by atoms with Gasteiger partial charge in [-0.2, -0.15) is 10.3 Å². The van der Waals surface area contributed by atoms with Crippen molar-refractivity contribution in [3.63, 3.8) is 0 Å². The Bertz CT molecular complexity index is 843. The first-order valence-corrected chi connectivity index (χ1v) is 10.5. The summed E-state index contributed by atoms with van der Waals surface area (Å²) in [7, 11) is -3.10. The van der Waals surface area contributed by atoms with Crippen LogP contribution in [0.15, 0.2) is 29.3 Å². The van der Waals surface area contributed by atoms with Crippen LogP contribution in [0, 0.1) is 11.3 Å². The van der Waals surface area contributed by atoms with Crippen molar-refractivity contribution >= 4 is 38.4 Å². The van der Waals surface area contributed by atoms with E-state index in [2.05, 4.69) is 4.99 Å². The normalized spacial score (nSPS) is 25.6. The van der Waals surface area contributed by atoms with E-state index in [9.17, 15) is 13.2 Å². The van der Waals surface area contributed by atoms with E-state index in [1.165, 1.54) is 11.8 Å². The van der Waals surface area contributed by atoms with Gasteiger partial charge in [0.25, 0.3) is 5.91 Å². The Kier molecular flexibility index (Phi) is 5.01. The van der Waals surface area contributed by atoms with Gasteiger partial charge in [-0.15, -0.1) is 0 Å². The molecule has 0 radical (unpaired) electrons. The molecule has 1 amide bonds. The van der Waals surface area contributed by atoms with Crippen molar-refractivity contribution < 1.29 is 17.9 Å². The molecule has 25 heavy (non-hydrogen) atoms. The molecule has 2 saturated heterocycles. The topological polar surface area (TPSA) is 99.8 Å². The van der Waals surface area contributed by atoms with Crippen molar-refractivity contribution in [2.45, 2.75) is 24.6 Å². The Hall–Kier alpha value is -2.05. The highest BCUT2D eigenvalue weighted by atomic mass is 32.2. The summed E-state index contributed by atoms with van der Waals surface area (Å²) in [6.07, 6.45) is -0.297. The first kappa shape index (κ1) is 17.8. The first-order valence-electron chi connectivity index (χ1n) is 7.81. The molecule has 0 N–H and O–H groups in total. The quantitative estimate of drug-likeness (QED) is 0.783. The van der Waals surface area contributed by atoms with E-state index in [1.54, 1.807) is 23.1 Å². The van der Waals surface area contributed by atoms with Gasteiger partial charge in [-0.1, -0.05) is 11.8 Å². The smallest absolute Gasteiger partial charge is 0.262 e. The Labute approximate surface area is 150 Å². The van der Waals surface area contributed by atoms with Crippen molar-refractivity contribution in [3.8, 4) is 11.8 Å². The van der Waals surface area contributed by atoms with Gasteiger partial charge in [0.05, 0.1) is 30.2 Å². The number of amides is 1. The van der Waals surface area contributed by atoms with Crippen LogP contribution in [0.25, 0.3) is 0 Å². The number of aliphatic imine (C=N–C) groups is 1. The molecule has 132 valence electrons. The van der Waals surface area contributed by atoms with Crippen LogP contribution in [0.5, 0.6) is 5.75 Å². The van der Waals surface area contributed by atoms with Crippen molar-refractivity contribution in [3.05, 3.63) is 24.3 Å². The molecule has 2 aliphatic heterocycles. The van der Waals surface area contributed by atoms with Crippen molar-refractivity contribution in [2.24, 2.45) is 4.99 Å². The molecular formula is C16H17N3O4S2. The van der Waals surface area contributed by atoms with E-state index in [4.69, 9.17) is 10.00 Å². The molecule has 7 nitrogen and oxygen atoms in total. The molecule has 9 heteroatoms. The number of anilines is 1. The summed E-state index contributed by atoms with van der Waals surface area (Å²) in [6, 6.07) is 8.77. The van der Waals surface area contributed by atoms with Gasteiger partial charge in [0.1, 0.15) is 12.2 Å². The number of hydrogen-bond donors (Lipinski definition) is 0. The third kappa shape index (κ3) is 3.80. The van der Waals surface area contributed by atoms with Gasteiger partial charge >= 0.3 is 0 Å². The third-order valence-corrected chi connectivity index (χ3v) is 7.15. The molecule has 2 heterocycles. The number of carbonyl (C=O) groups is 1. The predicted molar refractivity (Wildman–Crippen MR) is 96.6 cm³/mol. The second-order valence-corrected chi connectivity index (χ2v) is 9.08. The number of ether oxygens (including phenoxy) is 1. The van der Waals surface area contributed by atoms with E-state index < -0.39 is 15.7 Å². The summed E-state index contributed by atoms with van der Waals surface area (Å²) >= 11 is 1.29. The molecule has 1 aromatic carbocycles. The molecule has 2 fully saturated rings. The lowest BCUT2D eigenvalue weighted by Gasteiger charge is -2.24. The first-order chi connectivity index (χ1) is 11.9. The second kappa shape index (κ2) is 7.06. The number of hydrogen-bond acceptors (Lipinski definition) is 6. The van der Waals surface area contributed by atoms with Gasteiger partial charge in [-0.05, 0) is 31.2 Å². The summed E-state index contributed by atoms with van der Waals surface area (Å²) in [4.78, 5) is 17.6. The average Bonchev–Trinajstić information content (AvgIpc) is 3.00. The molecule has 3 rings (SSSR count). The minimum Gasteiger partial charge on any atom is -0.494 e. The molecule has 0 unspecified atom stereocenters. The molecule has 0 spiro atoms. The van der Waals surface area contributed by atoms with E-state index >= 15 is 0 Å². The summed E-state index contributed by atoms with van der Waals surface area (Å²) in [5.74, 6) is 0.293. The fourth-order valence-corrected chi connectivity index (χ4v) is 6.88. The minimum atomic E-state index is -3.10. The van der Waals surface area contributed by atoms with Crippen LogP contribution in [0.3, 0.4) is 0 Å². The van der Waals surface area contributed by atoms with Gasteiger partial charge in [-0.3, -0.25) is 4.79 Å². The molecule has 2 atom stereocenters. The lowest BCUT2D eigenvalue weighted by Crippen LogP contribution is -2.37. The zero-order valence-corrected chi connectivity index (χ0v) is 15.2. The SMILES string of the molecule is CCOc1ccc(N2C(=NC(=O)CC#N)S[C@H]3CS(=O)(=O)C[C@@H]32)cc1. The maximum Gasteiger partial charge on any atom is 0.262 e. The van der Waals surface area contributed by atoms with Crippen LogP contribution in [0.4, 0.5) is 5.69 Å². The average molecular weight is 379 g/mol. The number of benzene rings is 1. The number of amidine groups is 1. The summed E-state index contributed by atoms with van der Waals surface area (Å²) in [5.41, 5.74) is 0.754. The fourth-order valence-electron chi connectivity index (χ4n) is 2.95. The Balaban J connectivity index is 1.94. The number of carbonyl (C=O) groups excluding carboxylic acids is 1. The van der Waals surface area contributed by atoms with Gasteiger partial charge in [0.2, 0.25) is 0 Å². The van der Waals surface area contributed by atoms with Gasteiger partial charge in [-0.25, -0.2) is 8.42 Å². The van der Waals surface area contributed by atoms with Crippen LogP contribution < -0.4 is 9.64 Å². The Morgan fingerprint density at radius 1 is 1.40 bits per heavy atom. The molecular weight excluding hydrogens is 362 g/mol. The molecule has 1 aromatic rings. The lowest BCUT2D eigenvalue weighted by atomic mass is 10.2. The van der Waals surface area contributed by atoms with E-state index in [0.717, 1.165) is 5.69 Å². The Morgan fingerprint density at radius 3 is 2.76 bits per heavy atom. The van der Waals surface area contributed by atoms with E-state index in [1.807, 2.05) is 19.1 Å². The van der Waals surface area contributed by atoms with Crippen LogP contribution in [-0.4, -0.2) is 48.9 Å². The zero-order chi connectivity index (χ0) is 18.0. The molecule has 0 aliphatic carbocycles. The van der Waals surface area contributed by atoms with Crippen LogP contribution in [0.1, 0.15) is 13.3 Å². The van der Waals surface area contributed by atoms with Crippen LogP contribution in [-0.2, 0) is 14.6 Å². The third-order valence-electron chi connectivity index (χ3n) is 3.94. The largest absolute Gasteiger partial charge is 0.494 e. The number of nitriles is 1. The summed E-state index contributed by atoms with van der Waals surface area (Å²) in [5, 5.41) is 8.94. The predicted octanol–water partition coefficient (Wildman–Crippen LogP) is 1.60. The highest BCUT2D eigenvalue weighted by Crippen LogP contribution is 2.41. The molecule has 0 saturated carbocycles. The summed E-state index contributed by atoms with van der Waals surface area (Å²) < 4.78 is 29.4. The maximum absolute atomic E-state index is 12.0. The number of fused-ring (bicyclic) bond motifs is 1. The molecule has 0 aromatic heterocycles. The lowest BCUT2D eigenvalue weighted by molar-refractivity contribution is -0.116. The van der Waals surface area contributed by atoms with Crippen molar-refractivity contribution in [1.82, 2.24) is 0 Å². The minimum absolute atomic E-state index is 0.0311.